The number of methoxy groups -OCH3 is 2. The SMILES string of the molecule is C=CCC(NCC(C)O)c1ccc(OC)c(OC)c1. The molecule has 0 aliphatic rings. The average Bonchev–Trinajstić information content (AvgIpc) is 2.42. The summed E-state index contributed by atoms with van der Waals surface area (Å²) in [6, 6.07) is 5.92. The van der Waals surface area contributed by atoms with Crippen molar-refractivity contribution in [1.29, 1.82) is 0 Å². The Bertz CT molecular complexity index is 404. The molecular weight excluding hydrogens is 242 g/mol. The van der Waals surface area contributed by atoms with Crippen molar-refractivity contribution in [3.8, 4) is 11.5 Å². The lowest BCUT2D eigenvalue weighted by Crippen LogP contribution is -2.28. The number of nitrogens with one attached hydrogen (secondary N) is 1. The molecule has 0 bridgehead atoms. The third-order valence-corrected chi connectivity index (χ3v) is 2.87. The fourth-order valence-electron chi connectivity index (χ4n) is 1.89. The van der Waals surface area contributed by atoms with Crippen molar-refractivity contribution in [3.63, 3.8) is 0 Å². The first-order chi connectivity index (χ1) is 9.12. The van der Waals surface area contributed by atoms with Gasteiger partial charge in [0.1, 0.15) is 0 Å². The second-order valence-corrected chi connectivity index (χ2v) is 4.45. The molecule has 0 aromatic heterocycles. The summed E-state index contributed by atoms with van der Waals surface area (Å²) < 4.78 is 10.5. The molecule has 0 fully saturated rings. The van der Waals surface area contributed by atoms with Gasteiger partial charge >= 0.3 is 0 Å². The summed E-state index contributed by atoms with van der Waals surface area (Å²) in [5.41, 5.74) is 1.08. The van der Waals surface area contributed by atoms with Crippen LogP contribution in [-0.4, -0.2) is 32.0 Å². The van der Waals surface area contributed by atoms with Gasteiger partial charge in [0.05, 0.1) is 20.3 Å². The zero-order valence-corrected chi connectivity index (χ0v) is 11.8. The molecule has 1 aromatic rings. The van der Waals surface area contributed by atoms with Gasteiger partial charge in [0.25, 0.3) is 0 Å². The summed E-state index contributed by atoms with van der Waals surface area (Å²) in [7, 11) is 3.23. The Morgan fingerprint density at radius 2 is 2.00 bits per heavy atom. The number of aliphatic hydroxyl groups excluding tert-OH is 1. The van der Waals surface area contributed by atoms with Crippen LogP contribution in [0.5, 0.6) is 11.5 Å². The molecule has 0 saturated heterocycles. The Labute approximate surface area is 115 Å². The molecule has 106 valence electrons. The van der Waals surface area contributed by atoms with Gasteiger partial charge in [0.2, 0.25) is 0 Å². The Hall–Kier alpha value is -1.52. The van der Waals surface area contributed by atoms with E-state index in [1.54, 1.807) is 21.1 Å². The number of hydrogen-bond acceptors (Lipinski definition) is 4. The van der Waals surface area contributed by atoms with Crippen molar-refractivity contribution in [1.82, 2.24) is 5.32 Å². The minimum absolute atomic E-state index is 0.104. The summed E-state index contributed by atoms with van der Waals surface area (Å²) >= 11 is 0. The van der Waals surface area contributed by atoms with Crippen LogP contribution in [0.2, 0.25) is 0 Å². The van der Waals surface area contributed by atoms with Gasteiger partial charge in [-0.05, 0) is 31.0 Å². The van der Waals surface area contributed by atoms with Gasteiger partial charge in [-0.25, -0.2) is 0 Å². The molecule has 0 spiro atoms. The molecule has 2 unspecified atom stereocenters. The van der Waals surface area contributed by atoms with E-state index in [0.29, 0.717) is 18.0 Å². The third kappa shape index (κ3) is 4.58. The van der Waals surface area contributed by atoms with Crippen molar-refractivity contribution in [2.75, 3.05) is 20.8 Å². The van der Waals surface area contributed by atoms with Gasteiger partial charge in [0.15, 0.2) is 11.5 Å². The largest absolute Gasteiger partial charge is 0.493 e. The maximum absolute atomic E-state index is 9.37. The molecule has 1 rings (SSSR count). The molecule has 0 amide bonds. The second-order valence-electron chi connectivity index (χ2n) is 4.45. The molecule has 0 heterocycles. The Balaban J connectivity index is 2.91. The first-order valence-corrected chi connectivity index (χ1v) is 6.36. The molecule has 2 N–H and O–H groups in total. The lowest BCUT2D eigenvalue weighted by atomic mass is 10.0. The third-order valence-electron chi connectivity index (χ3n) is 2.87. The van der Waals surface area contributed by atoms with Crippen LogP contribution in [0.4, 0.5) is 0 Å². The van der Waals surface area contributed by atoms with Crippen molar-refractivity contribution in [2.45, 2.75) is 25.5 Å². The zero-order chi connectivity index (χ0) is 14.3. The highest BCUT2D eigenvalue weighted by molar-refractivity contribution is 5.43. The van der Waals surface area contributed by atoms with Crippen LogP contribution >= 0.6 is 0 Å². The van der Waals surface area contributed by atoms with Crippen LogP contribution in [0.1, 0.15) is 24.9 Å². The van der Waals surface area contributed by atoms with E-state index < -0.39 is 0 Å². The van der Waals surface area contributed by atoms with Gasteiger partial charge in [-0.1, -0.05) is 12.1 Å². The summed E-state index contributed by atoms with van der Waals surface area (Å²) in [6.07, 6.45) is 2.26. The summed E-state index contributed by atoms with van der Waals surface area (Å²) in [6.45, 7) is 6.06. The molecule has 19 heavy (non-hydrogen) atoms. The van der Waals surface area contributed by atoms with Crippen LogP contribution in [0.25, 0.3) is 0 Å². The molecule has 0 radical (unpaired) electrons. The van der Waals surface area contributed by atoms with E-state index in [2.05, 4.69) is 11.9 Å². The monoisotopic (exact) mass is 265 g/mol. The maximum atomic E-state index is 9.37. The normalized spacial score (nSPS) is 13.7. The van der Waals surface area contributed by atoms with Gasteiger partial charge in [0, 0.05) is 12.6 Å². The van der Waals surface area contributed by atoms with E-state index in [-0.39, 0.29) is 12.1 Å². The minimum atomic E-state index is -0.382. The van der Waals surface area contributed by atoms with Gasteiger partial charge in [-0.15, -0.1) is 6.58 Å². The Morgan fingerprint density at radius 1 is 1.32 bits per heavy atom. The fraction of sp³-hybridized carbons (Fsp3) is 0.467. The molecular formula is C15H23NO3. The molecule has 0 aliphatic carbocycles. The second kappa shape index (κ2) is 7.81. The maximum Gasteiger partial charge on any atom is 0.161 e. The van der Waals surface area contributed by atoms with Crippen molar-refractivity contribution in [2.24, 2.45) is 0 Å². The zero-order valence-electron chi connectivity index (χ0n) is 11.8. The minimum Gasteiger partial charge on any atom is -0.493 e. The van der Waals surface area contributed by atoms with E-state index >= 15 is 0 Å². The standard InChI is InChI=1S/C15H23NO3/c1-5-6-13(16-10-11(2)17)12-7-8-14(18-3)15(9-12)19-4/h5,7-9,11,13,16-17H,1,6,10H2,2-4H3. The van der Waals surface area contributed by atoms with Crippen LogP contribution in [0.15, 0.2) is 30.9 Å². The molecule has 2 atom stereocenters. The highest BCUT2D eigenvalue weighted by Crippen LogP contribution is 2.30. The number of benzene rings is 1. The summed E-state index contributed by atoms with van der Waals surface area (Å²) in [5.74, 6) is 1.41. The van der Waals surface area contributed by atoms with E-state index in [1.165, 1.54) is 0 Å². The van der Waals surface area contributed by atoms with Crippen LogP contribution in [0.3, 0.4) is 0 Å². The van der Waals surface area contributed by atoms with E-state index in [4.69, 9.17) is 9.47 Å². The van der Waals surface area contributed by atoms with Gasteiger partial charge < -0.3 is 19.9 Å². The number of ether oxygens (including phenoxy) is 2. The smallest absolute Gasteiger partial charge is 0.161 e. The first kappa shape index (κ1) is 15.5. The van der Waals surface area contributed by atoms with Gasteiger partial charge in [-0.2, -0.15) is 0 Å². The van der Waals surface area contributed by atoms with Crippen LogP contribution < -0.4 is 14.8 Å². The topological polar surface area (TPSA) is 50.7 Å². The summed E-state index contributed by atoms with van der Waals surface area (Å²) in [5, 5.41) is 12.7. The van der Waals surface area contributed by atoms with E-state index in [1.807, 2.05) is 24.3 Å². The lowest BCUT2D eigenvalue weighted by molar-refractivity contribution is 0.186. The molecule has 0 saturated carbocycles. The quantitative estimate of drug-likeness (QED) is 0.708. The molecule has 4 heteroatoms. The predicted molar refractivity (Wildman–Crippen MR) is 76.8 cm³/mol. The average molecular weight is 265 g/mol. The Kier molecular flexibility index (Phi) is 6.39. The van der Waals surface area contributed by atoms with Crippen LogP contribution in [0, 0.1) is 0 Å². The number of aliphatic hydroxyl groups is 1. The molecule has 1 aromatic carbocycles. The van der Waals surface area contributed by atoms with Crippen molar-refractivity contribution < 1.29 is 14.6 Å². The van der Waals surface area contributed by atoms with E-state index in [9.17, 15) is 5.11 Å². The van der Waals surface area contributed by atoms with Crippen LogP contribution in [-0.2, 0) is 0 Å². The Morgan fingerprint density at radius 3 is 2.53 bits per heavy atom. The van der Waals surface area contributed by atoms with Crippen molar-refractivity contribution >= 4 is 0 Å². The first-order valence-electron chi connectivity index (χ1n) is 6.36. The lowest BCUT2D eigenvalue weighted by Gasteiger charge is -2.20. The highest BCUT2D eigenvalue weighted by atomic mass is 16.5. The highest BCUT2D eigenvalue weighted by Gasteiger charge is 2.13. The number of hydrogen-bond donors (Lipinski definition) is 2. The molecule has 4 nitrogen and oxygen atoms in total. The van der Waals surface area contributed by atoms with Crippen molar-refractivity contribution in [3.05, 3.63) is 36.4 Å². The van der Waals surface area contributed by atoms with Gasteiger partial charge in [-0.3, -0.25) is 0 Å². The summed E-state index contributed by atoms with van der Waals surface area (Å²) in [4.78, 5) is 0. The molecule has 0 aliphatic heterocycles. The number of rotatable bonds is 8. The predicted octanol–water partition coefficient (Wildman–Crippen LogP) is 2.29. The van der Waals surface area contributed by atoms with E-state index in [0.717, 1.165) is 12.0 Å². The fourth-order valence-corrected chi connectivity index (χ4v) is 1.89.